The quantitative estimate of drug-likeness (QED) is 0.843. The van der Waals surface area contributed by atoms with E-state index in [2.05, 4.69) is 48.5 Å². The maximum Gasteiger partial charge on any atom is -0.00365 e. The van der Waals surface area contributed by atoms with Crippen LogP contribution in [-0.2, 0) is 12.8 Å². The predicted octanol–water partition coefficient (Wildman–Crippen LogP) is 2.36. The van der Waals surface area contributed by atoms with Gasteiger partial charge in [0.1, 0.15) is 0 Å². The zero-order valence-electron chi connectivity index (χ0n) is 10.6. The predicted molar refractivity (Wildman–Crippen MR) is 77.4 cm³/mol. The molecule has 94 valence electrons. The summed E-state index contributed by atoms with van der Waals surface area (Å²) in [4.78, 5) is 0. The maximum atomic E-state index is 5.66. The van der Waals surface area contributed by atoms with Gasteiger partial charge in [-0.3, -0.25) is 0 Å². The van der Waals surface area contributed by atoms with Gasteiger partial charge in [-0.1, -0.05) is 48.5 Å². The molecule has 0 aromatic heterocycles. The molecular weight excluding hydrogens is 220 g/mol. The van der Waals surface area contributed by atoms with Crippen LogP contribution in [0.15, 0.2) is 48.5 Å². The molecule has 0 saturated heterocycles. The van der Waals surface area contributed by atoms with Gasteiger partial charge in [0.05, 0.1) is 0 Å². The Morgan fingerprint density at radius 2 is 1.39 bits per heavy atom. The maximum absolute atomic E-state index is 5.66. The van der Waals surface area contributed by atoms with E-state index in [1.165, 1.54) is 22.3 Å². The van der Waals surface area contributed by atoms with Gasteiger partial charge in [-0.25, -0.2) is 0 Å². The van der Waals surface area contributed by atoms with Crippen molar-refractivity contribution in [2.75, 3.05) is 13.1 Å². The molecule has 0 fully saturated rings. The van der Waals surface area contributed by atoms with Gasteiger partial charge in [-0.05, 0) is 48.2 Å². The number of hydrogen-bond donors (Lipinski definition) is 2. The van der Waals surface area contributed by atoms with Crippen molar-refractivity contribution in [2.45, 2.75) is 12.8 Å². The lowest BCUT2D eigenvalue weighted by Crippen LogP contribution is -2.04. The SMILES string of the molecule is NCCc1ccc(-c2ccccc2CCN)cc1. The molecule has 18 heavy (non-hydrogen) atoms. The van der Waals surface area contributed by atoms with Gasteiger partial charge in [-0.15, -0.1) is 0 Å². The lowest BCUT2D eigenvalue weighted by molar-refractivity contribution is 0.966. The van der Waals surface area contributed by atoms with Crippen molar-refractivity contribution >= 4 is 0 Å². The molecule has 0 aliphatic heterocycles. The second-order valence-electron chi connectivity index (χ2n) is 4.43. The van der Waals surface area contributed by atoms with E-state index in [0.717, 1.165) is 12.8 Å². The van der Waals surface area contributed by atoms with Gasteiger partial charge in [0.2, 0.25) is 0 Å². The van der Waals surface area contributed by atoms with Crippen LogP contribution < -0.4 is 11.5 Å². The fraction of sp³-hybridized carbons (Fsp3) is 0.250. The van der Waals surface area contributed by atoms with Crippen LogP contribution in [0.5, 0.6) is 0 Å². The standard InChI is InChI=1S/C16H20N2/c17-11-9-13-5-7-15(8-6-13)16-4-2-1-3-14(16)10-12-18/h1-8H,9-12,17-18H2. The van der Waals surface area contributed by atoms with Gasteiger partial charge >= 0.3 is 0 Å². The highest BCUT2D eigenvalue weighted by Gasteiger charge is 2.03. The molecule has 0 unspecified atom stereocenters. The Bertz CT molecular complexity index is 489. The van der Waals surface area contributed by atoms with E-state index in [0.29, 0.717) is 13.1 Å². The zero-order valence-corrected chi connectivity index (χ0v) is 10.6. The van der Waals surface area contributed by atoms with E-state index in [1.54, 1.807) is 0 Å². The molecule has 0 radical (unpaired) electrons. The summed E-state index contributed by atoms with van der Waals surface area (Å²) in [6.07, 6.45) is 1.85. The third-order valence-corrected chi connectivity index (χ3v) is 3.13. The molecule has 0 atom stereocenters. The minimum atomic E-state index is 0.683. The zero-order chi connectivity index (χ0) is 12.8. The number of rotatable bonds is 5. The van der Waals surface area contributed by atoms with Crippen LogP contribution in [0.3, 0.4) is 0 Å². The Labute approximate surface area is 109 Å². The van der Waals surface area contributed by atoms with Crippen LogP contribution >= 0.6 is 0 Å². The topological polar surface area (TPSA) is 52.0 Å². The van der Waals surface area contributed by atoms with Gasteiger partial charge in [0.15, 0.2) is 0 Å². The lowest BCUT2D eigenvalue weighted by Gasteiger charge is -2.09. The van der Waals surface area contributed by atoms with Crippen LogP contribution in [0, 0.1) is 0 Å². The Morgan fingerprint density at radius 1 is 0.722 bits per heavy atom. The molecule has 2 aromatic carbocycles. The van der Waals surface area contributed by atoms with E-state index in [9.17, 15) is 0 Å². The van der Waals surface area contributed by atoms with E-state index in [1.807, 2.05) is 0 Å². The largest absolute Gasteiger partial charge is 0.330 e. The third kappa shape index (κ3) is 2.97. The smallest absolute Gasteiger partial charge is 0.00365 e. The summed E-state index contributed by atoms with van der Waals surface area (Å²) in [6.45, 7) is 1.38. The molecule has 2 nitrogen and oxygen atoms in total. The molecule has 0 aliphatic carbocycles. The molecule has 0 saturated carbocycles. The molecule has 0 amide bonds. The molecule has 2 rings (SSSR count). The Morgan fingerprint density at radius 3 is 2.06 bits per heavy atom. The van der Waals surface area contributed by atoms with E-state index in [4.69, 9.17) is 11.5 Å². The average Bonchev–Trinajstić information content (AvgIpc) is 2.41. The van der Waals surface area contributed by atoms with E-state index in [-0.39, 0.29) is 0 Å². The van der Waals surface area contributed by atoms with Gasteiger partial charge in [0.25, 0.3) is 0 Å². The number of hydrogen-bond acceptors (Lipinski definition) is 2. The van der Waals surface area contributed by atoms with Crippen LogP contribution in [0.25, 0.3) is 11.1 Å². The highest BCUT2D eigenvalue weighted by Crippen LogP contribution is 2.24. The first-order valence-electron chi connectivity index (χ1n) is 6.42. The molecule has 0 spiro atoms. The van der Waals surface area contributed by atoms with Crippen molar-refractivity contribution in [3.63, 3.8) is 0 Å². The van der Waals surface area contributed by atoms with Crippen molar-refractivity contribution < 1.29 is 0 Å². The summed E-state index contributed by atoms with van der Waals surface area (Å²) in [5.41, 5.74) is 16.3. The fourth-order valence-corrected chi connectivity index (χ4v) is 2.19. The lowest BCUT2D eigenvalue weighted by atomic mass is 9.96. The van der Waals surface area contributed by atoms with E-state index < -0.39 is 0 Å². The fourth-order valence-electron chi connectivity index (χ4n) is 2.19. The first-order valence-corrected chi connectivity index (χ1v) is 6.42. The normalized spacial score (nSPS) is 10.6. The minimum Gasteiger partial charge on any atom is -0.330 e. The Hall–Kier alpha value is -1.64. The number of nitrogens with two attached hydrogens (primary N) is 2. The molecular formula is C16H20N2. The summed E-state index contributed by atoms with van der Waals surface area (Å²) >= 11 is 0. The second kappa shape index (κ2) is 6.34. The Kier molecular flexibility index (Phi) is 4.51. The van der Waals surface area contributed by atoms with Crippen molar-refractivity contribution in [1.29, 1.82) is 0 Å². The molecule has 2 heteroatoms. The summed E-state index contributed by atoms with van der Waals surface area (Å²) in [5, 5.41) is 0. The third-order valence-electron chi connectivity index (χ3n) is 3.13. The monoisotopic (exact) mass is 240 g/mol. The van der Waals surface area contributed by atoms with Crippen LogP contribution in [0.4, 0.5) is 0 Å². The van der Waals surface area contributed by atoms with E-state index >= 15 is 0 Å². The van der Waals surface area contributed by atoms with Gasteiger partial charge in [-0.2, -0.15) is 0 Å². The highest BCUT2D eigenvalue weighted by molar-refractivity contribution is 5.67. The first kappa shape index (κ1) is 12.8. The van der Waals surface area contributed by atoms with Gasteiger partial charge < -0.3 is 11.5 Å². The van der Waals surface area contributed by atoms with Gasteiger partial charge in [0, 0.05) is 0 Å². The second-order valence-corrected chi connectivity index (χ2v) is 4.43. The van der Waals surface area contributed by atoms with Crippen LogP contribution in [0.2, 0.25) is 0 Å². The molecule has 0 aliphatic rings. The average molecular weight is 240 g/mol. The molecule has 2 aromatic rings. The summed E-state index contributed by atoms with van der Waals surface area (Å²) in [6, 6.07) is 17.1. The Balaban J connectivity index is 2.30. The van der Waals surface area contributed by atoms with Crippen molar-refractivity contribution in [3.05, 3.63) is 59.7 Å². The summed E-state index contributed by atoms with van der Waals surface area (Å²) < 4.78 is 0. The van der Waals surface area contributed by atoms with Crippen molar-refractivity contribution in [2.24, 2.45) is 11.5 Å². The van der Waals surface area contributed by atoms with Crippen LogP contribution in [-0.4, -0.2) is 13.1 Å². The minimum absolute atomic E-state index is 0.683. The summed E-state index contributed by atoms with van der Waals surface area (Å²) in [5.74, 6) is 0. The molecule has 0 heterocycles. The van der Waals surface area contributed by atoms with Crippen molar-refractivity contribution in [3.8, 4) is 11.1 Å². The summed E-state index contributed by atoms with van der Waals surface area (Å²) in [7, 11) is 0. The highest BCUT2D eigenvalue weighted by atomic mass is 14.5. The number of benzene rings is 2. The van der Waals surface area contributed by atoms with Crippen LogP contribution in [0.1, 0.15) is 11.1 Å². The first-order chi connectivity index (χ1) is 8.85. The molecule has 4 N–H and O–H groups in total. The molecule has 0 bridgehead atoms. The van der Waals surface area contributed by atoms with Crippen molar-refractivity contribution in [1.82, 2.24) is 0 Å².